The molecule has 0 amide bonds. The number of rotatable bonds is 3. The highest BCUT2D eigenvalue weighted by atomic mass is 32.2. The number of sulfonamides is 1. The molecule has 0 aliphatic rings. The highest BCUT2D eigenvalue weighted by molar-refractivity contribution is 7.92. The van der Waals surface area contributed by atoms with Crippen LogP contribution in [0, 0.1) is 18.3 Å². The molecule has 0 saturated carbocycles. The van der Waals surface area contributed by atoms with Crippen LogP contribution >= 0.6 is 0 Å². The van der Waals surface area contributed by atoms with Gasteiger partial charge in [0.1, 0.15) is 0 Å². The molecule has 0 fully saturated rings. The molecule has 0 spiro atoms. The van der Waals surface area contributed by atoms with Gasteiger partial charge in [-0.2, -0.15) is 5.26 Å². The second-order valence-electron chi connectivity index (χ2n) is 4.11. The van der Waals surface area contributed by atoms with Crippen LogP contribution in [-0.4, -0.2) is 8.42 Å². The summed E-state index contributed by atoms with van der Waals surface area (Å²) in [5.41, 5.74) is 1.86. The third-order valence-corrected chi connectivity index (χ3v) is 3.96. The van der Waals surface area contributed by atoms with Crippen LogP contribution in [0.5, 0.6) is 0 Å². The minimum Gasteiger partial charge on any atom is -0.280 e. The van der Waals surface area contributed by atoms with Crippen molar-refractivity contribution in [1.82, 2.24) is 0 Å². The van der Waals surface area contributed by atoms with Gasteiger partial charge in [0.15, 0.2) is 0 Å². The minimum absolute atomic E-state index is 0.0760. The predicted molar refractivity (Wildman–Crippen MR) is 73.1 cm³/mol. The zero-order valence-electron chi connectivity index (χ0n) is 10.3. The van der Waals surface area contributed by atoms with Crippen molar-refractivity contribution in [1.29, 1.82) is 5.26 Å². The molecule has 0 atom stereocenters. The number of benzene rings is 2. The molecular formula is C14H12N2O2S. The zero-order valence-corrected chi connectivity index (χ0v) is 11.1. The third-order valence-electron chi connectivity index (χ3n) is 2.58. The molecule has 96 valence electrons. The Balaban J connectivity index is 2.32. The molecule has 0 aromatic heterocycles. The van der Waals surface area contributed by atoms with Crippen LogP contribution in [0.3, 0.4) is 0 Å². The van der Waals surface area contributed by atoms with Gasteiger partial charge >= 0.3 is 0 Å². The number of anilines is 1. The lowest BCUT2D eigenvalue weighted by atomic mass is 10.2. The SMILES string of the molecule is Cc1ccc(NS(=O)(=O)c2cccc(C#N)c2)cc1. The summed E-state index contributed by atoms with van der Waals surface area (Å²) in [6.07, 6.45) is 0. The number of nitrogens with zero attached hydrogens (tertiary/aromatic N) is 1. The van der Waals surface area contributed by atoms with Crippen LogP contribution < -0.4 is 4.72 Å². The Morgan fingerprint density at radius 3 is 2.42 bits per heavy atom. The number of aryl methyl sites for hydroxylation is 1. The number of nitrogens with one attached hydrogen (secondary N) is 1. The van der Waals surface area contributed by atoms with E-state index in [4.69, 9.17) is 5.26 Å². The largest absolute Gasteiger partial charge is 0.280 e. The molecule has 4 nitrogen and oxygen atoms in total. The molecule has 0 heterocycles. The monoisotopic (exact) mass is 272 g/mol. The fourth-order valence-electron chi connectivity index (χ4n) is 1.57. The summed E-state index contributed by atoms with van der Waals surface area (Å²) in [4.78, 5) is 0.0760. The van der Waals surface area contributed by atoms with E-state index in [2.05, 4.69) is 4.72 Å². The van der Waals surface area contributed by atoms with E-state index in [1.165, 1.54) is 12.1 Å². The van der Waals surface area contributed by atoms with E-state index in [-0.39, 0.29) is 4.90 Å². The molecule has 5 heteroatoms. The topological polar surface area (TPSA) is 70.0 Å². The summed E-state index contributed by atoms with van der Waals surface area (Å²) in [5.74, 6) is 0. The van der Waals surface area contributed by atoms with Crippen LogP contribution in [-0.2, 0) is 10.0 Å². The van der Waals surface area contributed by atoms with Gasteiger partial charge in [0.2, 0.25) is 0 Å². The van der Waals surface area contributed by atoms with Crippen LogP contribution in [0.1, 0.15) is 11.1 Å². The van der Waals surface area contributed by atoms with Crippen molar-refractivity contribution in [2.24, 2.45) is 0 Å². The zero-order chi connectivity index (χ0) is 13.9. The molecule has 0 radical (unpaired) electrons. The first kappa shape index (κ1) is 13.1. The maximum absolute atomic E-state index is 12.1. The van der Waals surface area contributed by atoms with Crippen LogP contribution in [0.25, 0.3) is 0 Å². The van der Waals surface area contributed by atoms with Gasteiger partial charge in [0.05, 0.1) is 16.5 Å². The van der Waals surface area contributed by atoms with Gasteiger partial charge in [-0.05, 0) is 37.3 Å². The van der Waals surface area contributed by atoms with Gasteiger partial charge in [-0.15, -0.1) is 0 Å². The standard InChI is InChI=1S/C14H12N2O2S/c1-11-5-7-13(8-6-11)16-19(17,18)14-4-2-3-12(9-14)10-15/h2-9,16H,1H3. The second kappa shape index (κ2) is 5.12. The van der Waals surface area contributed by atoms with Crippen molar-refractivity contribution in [3.8, 4) is 6.07 Å². The Morgan fingerprint density at radius 1 is 1.11 bits per heavy atom. The fraction of sp³-hybridized carbons (Fsp3) is 0.0714. The van der Waals surface area contributed by atoms with Crippen molar-refractivity contribution in [3.05, 3.63) is 59.7 Å². The van der Waals surface area contributed by atoms with Crippen LogP contribution in [0.4, 0.5) is 5.69 Å². The lowest BCUT2D eigenvalue weighted by Gasteiger charge is -2.08. The van der Waals surface area contributed by atoms with E-state index in [0.717, 1.165) is 5.56 Å². The molecule has 2 aromatic rings. The maximum Gasteiger partial charge on any atom is 0.261 e. The second-order valence-corrected chi connectivity index (χ2v) is 5.79. The first-order valence-electron chi connectivity index (χ1n) is 5.61. The van der Waals surface area contributed by atoms with Crippen LogP contribution in [0.2, 0.25) is 0 Å². The van der Waals surface area contributed by atoms with Gasteiger partial charge in [0, 0.05) is 5.69 Å². The van der Waals surface area contributed by atoms with Crippen LogP contribution in [0.15, 0.2) is 53.4 Å². The summed E-state index contributed by atoms with van der Waals surface area (Å²) in [5, 5.41) is 8.78. The summed E-state index contributed by atoms with van der Waals surface area (Å²) in [6.45, 7) is 1.93. The molecule has 2 rings (SSSR count). The van der Waals surface area contributed by atoms with Crippen molar-refractivity contribution in [3.63, 3.8) is 0 Å². The molecule has 1 N–H and O–H groups in total. The first-order chi connectivity index (χ1) is 9.01. The molecule has 19 heavy (non-hydrogen) atoms. The average Bonchev–Trinajstić information content (AvgIpc) is 2.41. The molecule has 0 unspecified atom stereocenters. The Hall–Kier alpha value is -2.32. The molecule has 0 bridgehead atoms. The molecule has 2 aromatic carbocycles. The Labute approximate surface area is 112 Å². The van der Waals surface area contributed by atoms with Gasteiger partial charge in [0.25, 0.3) is 10.0 Å². The number of hydrogen-bond donors (Lipinski definition) is 1. The average molecular weight is 272 g/mol. The quantitative estimate of drug-likeness (QED) is 0.933. The van der Waals surface area contributed by atoms with Crippen molar-refractivity contribution < 1.29 is 8.42 Å². The first-order valence-corrected chi connectivity index (χ1v) is 7.09. The Bertz CT molecular complexity index is 729. The van der Waals surface area contributed by atoms with E-state index in [9.17, 15) is 8.42 Å². The van der Waals surface area contributed by atoms with Gasteiger partial charge in [-0.3, -0.25) is 4.72 Å². The molecule has 0 aliphatic carbocycles. The third kappa shape index (κ3) is 3.12. The highest BCUT2D eigenvalue weighted by Crippen LogP contribution is 2.17. The van der Waals surface area contributed by atoms with Gasteiger partial charge in [-0.1, -0.05) is 23.8 Å². The summed E-state index contributed by atoms with van der Waals surface area (Å²) in [6, 6.07) is 14.9. The Kier molecular flexibility index (Phi) is 3.54. The maximum atomic E-state index is 12.1. The van der Waals surface area contributed by atoms with E-state index < -0.39 is 10.0 Å². The fourth-order valence-corrected chi connectivity index (χ4v) is 2.67. The normalized spacial score (nSPS) is 10.7. The number of nitriles is 1. The molecular weight excluding hydrogens is 260 g/mol. The summed E-state index contributed by atoms with van der Waals surface area (Å²) >= 11 is 0. The van der Waals surface area contributed by atoms with Crippen molar-refractivity contribution >= 4 is 15.7 Å². The van der Waals surface area contributed by atoms with E-state index in [0.29, 0.717) is 11.3 Å². The number of hydrogen-bond acceptors (Lipinski definition) is 3. The van der Waals surface area contributed by atoms with Gasteiger partial charge in [-0.25, -0.2) is 8.42 Å². The smallest absolute Gasteiger partial charge is 0.261 e. The van der Waals surface area contributed by atoms with Crippen molar-refractivity contribution in [2.45, 2.75) is 11.8 Å². The molecule has 0 aliphatic heterocycles. The predicted octanol–water partition coefficient (Wildman–Crippen LogP) is 2.67. The lowest BCUT2D eigenvalue weighted by Crippen LogP contribution is -2.12. The Morgan fingerprint density at radius 2 is 1.79 bits per heavy atom. The summed E-state index contributed by atoms with van der Waals surface area (Å²) in [7, 11) is -3.66. The van der Waals surface area contributed by atoms with E-state index in [1.54, 1.807) is 24.3 Å². The lowest BCUT2D eigenvalue weighted by molar-refractivity contribution is 0.601. The van der Waals surface area contributed by atoms with E-state index >= 15 is 0 Å². The van der Waals surface area contributed by atoms with E-state index in [1.807, 2.05) is 25.1 Å². The highest BCUT2D eigenvalue weighted by Gasteiger charge is 2.14. The summed E-state index contributed by atoms with van der Waals surface area (Å²) < 4.78 is 26.7. The minimum atomic E-state index is -3.66. The molecule has 0 saturated heterocycles. The van der Waals surface area contributed by atoms with Crippen molar-refractivity contribution in [2.75, 3.05) is 4.72 Å². The van der Waals surface area contributed by atoms with Gasteiger partial charge < -0.3 is 0 Å².